The summed E-state index contributed by atoms with van der Waals surface area (Å²) in [6, 6.07) is 20.2. The molecule has 1 heterocycles. The topological polar surface area (TPSA) is 107 Å². The molecule has 8 nitrogen and oxygen atoms in total. The molecule has 0 unspecified atom stereocenters. The second kappa shape index (κ2) is 7.58. The molecule has 0 N–H and O–H groups in total. The monoisotopic (exact) mass is 482 g/mol. The maximum absolute atomic E-state index is 14.1. The van der Waals surface area contributed by atoms with Crippen molar-refractivity contribution in [1.82, 2.24) is 0 Å². The normalized spacial score (nSPS) is 25.4. The largest absolute Gasteiger partial charge is 0.459 e. The van der Waals surface area contributed by atoms with Crippen molar-refractivity contribution in [1.29, 1.82) is 0 Å². The van der Waals surface area contributed by atoms with E-state index in [-0.39, 0.29) is 11.3 Å². The number of esters is 1. The summed E-state index contributed by atoms with van der Waals surface area (Å²) in [5, 5.41) is 13.0. The highest BCUT2D eigenvalue weighted by molar-refractivity contribution is 6.25. The summed E-state index contributed by atoms with van der Waals surface area (Å²) in [4.78, 5) is 54.6. The van der Waals surface area contributed by atoms with Gasteiger partial charge in [-0.1, -0.05) is 60.7 Å². The van der Waals surface area contributed by atoms with Crippen molar-refractivity contribution in [2.24, 2.45) is 11.8 Å². The Labute approximate surface area is 206 Å². The van der Waals surface area contributed by atoms with Crippen LogP contribution in [0.5, 0.6) is 0 Å². The van der Waals surface area contributed by atoms with E-state index in [4.69, 9.17) is 4.74 Å². The first-order valence-corrected chi connectivity index (χ1v) is 11.8. The van der Waals surface area contributed by atoms with E-state index in [0.29, 0.717) is 22.3 Å². The average Bonchev–Trinajstić information content (AvgIpc) is 3.14. The molecule has 2 atom stereocenters. The van der Waals surface area contributed by atoms with Gasteiger partial charge in [0.25, 0.3) is 5.54 Å². The van der Waals surface area contributed by atoms with Gasteiger partial charge >= 0.3 is 5.97 Å². The first-order valence-electron chi connectivity index (χ1n) is 11.8. The minimum Gasteiger partial charge on any atom is -0.459 e. The number of nitrogens with zero attached hydrogens (tertiary/aromatic N) is 2. The number of rotatable bonds is 4. The van der Waals surface area contributed by atoms with E-state index in [1.165, 1.54) is 12.1 Å². The predicted octanol–water partition coefficient (Wildman–Crippen LogP) is 4.04. The maximum atomic E-state index is 14.1. The Bertz CT molecular complexity index is 1430. The minimum atomic E-state index is -1.92. The molecule has 0 spiro atoms. The zero-order valence-electron chi connectivity index (χ0n) is 19.6. The lowest BCUT2D eigenvalue weighted by Crippen LogP contribution is -2.57. The number of benzene rings is 3. The van der Waals surface area contributed by atoms with E-state index < -0.39 is 52.1 Å². The molecule has 3 aliphatic carbocycles. The zero-order valence-corrected chi connectivity index (χ0v) is 19.6. The Hall–Kier alpha value is -4.33. The van der Waals surface area contributed by atoms with Crippen molar-refractivity contribution in [3.63, 3.8) is 0 Å². The molecule has 2 bridgehead atoms. The molecule has 2 amide bonds. The molecule has 8 heteroatoms. The molecule has 36 heavy (non-hydrogen) atoms. The number of ether oxygens (including phenoxy) is 1. The number of carbonyl (C=O) groups excluding carboxylic acids is 3. The number of nitro groups is 1. The van der Waals surface area contributed by atoms with Crippen LogP contribution in [0.4, 0.5) is 5.69 Å². The fourth-order valence-corrected chi connectivity index (χ4v) is 6.40. The van der Waals surface area contributed by atoms with E-state index in [0.717, 1.165) is 4.90 Å². The van der Waals surface area contributed by atoms with Gasteiger partial charge in [0.1, 0.15) is 5.92 Å². The minimum absolute atomic E-state index is 0.0593. The molecule has 1 aliphatic heterocycles. The van der Waals surface area contributed by atoms with Gasteiger partial charge < -0.3 is 4.74 Å². The lowest BCUT2D eigenvalue weighted by Gasteiger charge is -2.48. The second-order valence-electron chi connectivity index (χ2n) is 9.66. The molecule has 4 aliphatic rings. The van der Waals surface area contributed by atoms with Gasteiger partial charge in [0.05, 0.1) is 23.3 Å². The highest BCUT2D eigenvalue weighted by Crippen LogP contribution is 2.64. The fourth-order valence-electron chi connectivity index (χ4n) is 6.40. The Morgan fingerprint density at radius 2 is 1.47 bits per heavy atom. The lowest BCUT2D eigenvalue weighted by molar-refractivity contribution is -0.578. The van der Waals surface area contributed by atoms with Gasteiger partial charge in [-0.2, -0.15) is 0 Å². The highest BCUT2D eigenvalue weighted by atomic mass is 16.6. The van der Waals surface area contributed by atoms with Crippen LogP contribution >= 0.6 is 0 Å². The molecule has 0 saturated carbocycles. The standard InChI is InChI=1S/C28H22N2O6/c1-15(2)36-27(33)18-11-5-8-14-21(18)29-25(31)23-22-16-9-3-6-12-19(16)28(30(34)35,24(23)26(29)32)20-13-7-4-10-17(20)22/h3-15,22-24H,1-2H3/t22?,23-,24-,28?/m1/s1. The zero-order chi connectivity index (χ0) is 25.4. The third-order valence-corrected chi connectivity index (χ3v) is 7.57. The van der Waals surface area contributed by atoms with Crippen molar-refractivity contribution in [3.8, 4) is 0 Å². The summed E-state index contributed by atoms with van der Waals surface area (Å²) < 4.78 is 5.34. The van der Waals surface area contributed by atoms with Crippen LogP contribution in [0.2, 0.25) is 0 Å². The summed E-state index contributed by atoms with van der Waals surface area (Å²) in [5.41, 5.74) is 0.476. The van der Waals surface area contributed by atoms with Gasteiger partial charge in [0.15, 0.2) is 0 Å². The quantitative estimate of drug-likeness (QED) is 0.240. The molecular weight excluding hydrogens is 460 g/mol. The first kappa shape index (κ1) is 22.2. The summed E-state index contributed by atoms with van der Waals surface area (Å²) in [6.45, 7) is 3.41. The van der Waals surface area contributed by atoms with Crippen LogP contribution < -0.4 is 4.90 Å². The van der Waals surface area contributed by atoms with Gasteiger partial charge in [-0.15, -0.1) is 0 Å². The van der Waals surface area contributed by atoms with Crippen LogP contribution in [0.3, 0.4) is 0 Å². The first-order chi connectivity index (χ1) is 17.3. The lowest BCUT2D eigenvalue weighted by atomic mass is 9.51. The van der Waals surface area contributed by atoms with Gasteiger partial charge in [0, 0.05) is 22.0 Å². The number of carbonyl (C=O) groups is 3. The van der Waals surface area contributed by atoms with Crippen molar-refractivity contribution in [2.75, 3.05) is 4.90 Å². The van der Waals surface area contributed by atoms with Crippen LogP contribution in [0, 0.1) is 22.0 Å². The van der Waals surface area contributed by atoms with Crippen LogP contribution in [0.25, 0.3) is 0 Å². The molecule has 0 radical (unpaired) electrons. The van der Waals surface area contributed by atoms with E-state index in [9.17, 15) is 24.5 Å². The summed E-state index contributed by atoms with van der Waals surface area (Å²) in [7, 11) is 0. The third-order valence-electron chi connectivity index (χ3n) is 7.57. The Morgan fingerprint density at radius 3 is 2.06 bits per heavy atom. The van der Waals surface area contributed by atoms with Crippen molar-refractivity contribution in [2.45, 2.75) is 31.4 Å². The molecular formula is C28H22N2O6. The molecule has 0 aromatic heterocycles. The van der Waals surface area contributed by atoms with E-state index in [1.54, 1.807) is 74.5 Å². The average molecular weight is 482 g/mol. The number of anilines is 1. The van der Waals surface area contributed by atoms with E-state index >= 15 is 0 Å². The Kier molecular flexibility index (Phi) is 4.67. The van der Waals surface area contributed by atoms with Gasteiger partial charge in [-0.25, -0.2) is 9.69 Å². The van der Waals surface area contributed by atoms with Crippen LogP contribution in [0.1, 0.15) is 52.4 Å². The molecule has 3 aromatic rings. The number of hydrogen-bond acceptors (Lipinski definition) is 6. The molecule has 1 fully saturated rings. The summed E-state index contributed by atoms with van der Waals surface area (Å²) in [5.74, 6) is -4.63. The highest BCUT2D eigenvalue weighted by Gasteiger charge is 2.75. The van der Waals surface area contributed by atoms with Gasteiger partial charge in [-0.3, -0.25) is 19.7 Å². The number of amides is 2. The second-order valence-corrected chi connectivity index (χ2v) is 9.66. The molecule has 180 valence electrons. The van der Waals surface area contributed by atoms with Crippen LogP contribution in [-0.4, -0.2) is 28.8 Å². The van der Waals surface area contributed by atoms with E-state index in [1.807, 2.05) is 0 Å². The van der Waals surface area contributed by atoms with Crippen LogP contribution in [0.15, 0.2) is 72.8 Å². The SMILES string of the molecule is CC(C)OC(=O)c1ccccc1N1C(=O)[C@@H]2C3c4ccccc4C([N+](=O)[O-])(c4ccccc43)[C@H]2C1=O. The maximum Gasteiger partial charge on any atom is 0.340 e. The number of hydrogen-bond donors (Lipinski definition) is 0. The van der Waals surface area contributed by atoms with Crippen molar-refractivity contribution < 1.29 is 24.0 Å². The Morgan fingerprint density at radius 1 is 0.917 bits per heavy atom. The van der Waals surface area contributed by atoms with Crippen LogP contribution in [-0.2, 0) is 19.9 Å². The Balaban J connectivity index is 1.59. The predicted molar refractivity (Wildman–Crippen MR) is 129 cm³/mol. The van der Waals surface area contributed by atoms with Gasteiger partial charge in [0.2, 0.25) is 11.8 Å². The number of para-hydroxylation sites is 1. The number of imide groups is 1. The van der Waals surface area contributed by atoms with Crippen molar-refractivity contribution in [3.05, 3.63) is 111 Å². The third kappa shape index (κ3) is 2.61. The van der Waals surface area contributed by atoms with Crippen molar-refractivity contribution >= 4 is 23.5 Å². The summed E-state index contributed by atoms with van der Waals surface area (Å²) >= 11 is 0. The van der Waals surface area contributed by atoms with E-state index in [2.05, 4.69) is 0 Å². The smallest absolute Gasteiger partial charge is 0.340 e. The fraction of sp³-hybridized carbons (Fsp3) is 0.250. The summed E-state index contributed by atoms with van der Waals surface area (Å²) in [6.07, 6.45) is -0.407. The molecule has 1 saturated heterocycles. The van der Waals surface area contributed by atoms with Gasteiger partial charge in [-0.05, 0) is 37.1 Å². The molecule has 3 aromatic carbocycles. The molecule has 7 rings (SSSR count).